The van der Waals surface area contributed by atoms with Crippen LogP contribution in [-0.4, -0.2) is 60.2 Å². The summed E-state index contributed by atoms with van der Waals surface area (Å²) in [5.74, 6) is -1.27. The molecule has 9 heteroatoms. The van der Waals surface area contributed by atoms with Crippen LogP contribution in [0.1, 0.15) is 10.6 Å². The summed E-state index contributed by atoms with van der Waals surface area (Å²) in [4.78, 5) is 36.6. The number of benzene rings is 1. The molecular weight excluding hydrogens is 356 g/mol. The fraction of sp³-hybridized carbons (Fsp3) is 0.278. The molecule has 27 heavy (non-hydrogen) atoms. The predicted molar refractivity (Wildman–Crippen MR) is 92.6 cm³/mol. The minimum atomic E-state index is -1.10. The van der Waals surface area contributed by atoms with Gasteiger partial charge in [-0.15, -0.1) is 0 Å². The van der Waals surface area contributed by atoms with Crippen LogP contribution in [0.5, 0.6) is 5.75 Å². The summed E-state index contributed by atoms with van der Waals surface area (Å²) < 4.78 is 15.6. The van der Waals surface area contributed by atoms with Gasteiger partial charge in [0, 0.05) is 18.3 Å². The van der Waals surface area contributed by atoms with E-state index in [0.717, 1.165) is 0 Å². The molecule has 142 valence electrons. The Balaban J connectivity index is 1.54. The SMILES string of the molecule is O=C(Nc1cccc(OCC(=O)N2CCOC(C(=O)O)C2)c1)c1ccco1. The van der Waals surface area contributed by atoms with Gasteiger partial charge in [0.25, 0.3) is 11.8 Å². The predicted octanol–water partition coefficient (Wildman–Crippen LogP) is 1.22. The minimum Gasteiger partial charge on any atom is -0.484 e. The van der Waals surface area contributed by atoms with E-state index in [2.05, 4.69) is 5.32 Å². The molecule has 2 amide bonds. The van der Waals surface area contributed by atoms with Crippen molar-refractivity contribution in [2.24, 2.45) is 0 Å². The lowest BCUT2D eigenvalue weighted by molar-refractivity contribution is -0.159. The Hall–Kier alpha value is -3.33. The van der Waals surface area contributed by atoms with Gasteiger partial charge in [-0.25, -0.2) is 4.79 Å². The van der Waals surface area contributed by atoms with Crippen LogP contribution >= 0.6 is 0 Å². The van der Waals surface area contributed by atoms with Gasteiger partial charge in [-0.05, 0) is 24.3 Å². The summed E-state index contributed by atoms with van der Waals surface area (Å²) >= 11 is 0. The van der Waals surface area contributed by atoms with E-state index in [1.165, 1.54) is 11.2 Å². The molecule has 1 saturated heterocycles. The number of ether oxygens (including phenoxy) is 2. The molecular formula is C18H18N2O7. The lowest BCUT2D eigenvalue weighted by Crippen LogP contribution is -2.49. The number of nitrogens with one attached hydrogen (secondary N) is 1. The minimum absolute atomic E-state index is 0.0171. The molecule has 1 aromatic heterocycles. The summed E-state index contributed by atoms with van der Waals surface area (Å²) in [7, 11) is 0. The second kappa shape index (κ2) is 8.37. The van der Waals surface area contributed by atoms with Crippen molar-refractivity contribution in [3.8, 4) is 5.75 Å². The molecule has 3 rings (SSSR count). The zero-order valence-corrected chi connectivity index (χ0v) is 14.3. The van der Waals surface area contributed by atoms with Gasteiger partial charge in [-0.3, -0.25) is 9.59 Å². The molecule has 9 nitrogen and oxygen atoms in total. The maximum absolute atomic E-state index is 12.2. The average molecular weight is 374 g/mol. The van der Waals surface area contributed by atoms with Crippen LogP contribution < -0.4 is 10.1 Å². The van der Waals surface area contributed by atoms with Crippen LogP contribution in [0.25, 0.3) is 0 Å². The second-order valence-corrected chi connectivity index (χ2v) is 5.79. The molecule has 1 unspecified atom stereocenters. The summed E-state index contributed by atoms with van der Waals surface area (Å²) in [6.07, 6.45) is 0.378. The van der Waals surface area contributed by atoms with E-state index in [1.807, 2.05) is 0 Å². The van der Waals surface area contributed by atoms with Crippen molar-refractivity contribution < 1.29 is 33.4 Å². The van der Waals surface area contributed by atoms with Crippen LogP contribution in [0, 0.1) is 0 Å². The molecule has 1 fully saturated rings. The first-order chi connectivity index (χ1) is 13.0. The van der Waals surface area contributed by atoms with Crippen molar-refractivity contribution in [2.45, 2.75) is 6.10 Å². The fourth-order valence-corrected chi connectivity index (χ4v) is 2.53. The highest BCUT2D eigenvalue weighted by atomic mass is 16.5. The van der Waals surface area contributed by atoms with Gasteiger partial charge in [0.1, 0.15) is 5.75 Å². The highest BCUT2D eigenvalue weighted by molar-refractivity contribution is 6.02. The van der Waals surface area contributed by atoms with E-state index in [4.69, 9.17) is 19.0 Å². The van der Waals surface area contributed by atoms with Gasteiger partial charge in [-0.2, -0.15) is 0 Å². The van der Waals surface area contributed by atoms with Crippen molar-refractivity contribution in [2.75, 3.05) is 31.6 Å². The monoisotopic (exact) mass is 374 g/mol. The number of anilines is 1. The van der Waals surface area contributed by atoms with Crippen LogP contribution in [0.3, 0.4) is 0 Å². The topological polar surface area (TPSA) is 118 Å². The molecule has 2 N–H and O–H groups in total. The van der Waals surface area contributed by atoms with Gasteiger partial charge in [-0.1, -0.05) is 6.07 Å². The Morgan fingerprint density at radius 1 is 1.26 bits per heavy atom. The van der Waals surface area contributed by atoms with E-state index in [9.17, 15) is 14.4 Å². The first-order valence-corrected chi connectivity index (χ1v) is 8.23. The van der Waals surface area contributed by atoms with Crippen molar-refractivity contribution >= 4 is 23.5 Å². The number of hydrogen-bond donors (Lipinski definition) is 2. The zero-order chi connectivity index (χ0) is 19.2. The molecule has 1 aliphatic heterocycles. The fourth-order valence-electron chi connectivity index (χ4n) is 2.53. The van der Waals surface area contributed by atoms with Gasteiger partial charge in [0.2, 0.25) is 0 Å². The van der Waals surface area contributed by atoms with Crippen molar-refractivity contribution in [3.63, 3.8) is 0 Å². The van der Waals surface area contributed by atoms with Crippen LogP contribution in [0.2, 0.25) is 0 Å². The Morgan fingerprint density at radius 3 is 2.85 bits per heavy atom. The number of amides is 2. The number of carbonyl (C=O) groups is 3. The highest BCUT2D eigenvalue weighted by Gasteiger charge is 2.29. The smallest absolute Gasteiger partial charge is 0.334 e. The average Bonchev–Trinajstić information content (AvgIpc) is 3.21. The first kappa shape index (κ1) is 18.5. The Morgan fingerprint density at radius 2 is 2.11 bits per heavy atom. The summed E-state index contributed by atoms with van der Waals surface area (Å²) in [6, 6.07) is 9.73. The third-order valence-electron chi connectivity index (χ3n) is 3.89. The van der Waals surface area contributed by atoms with Crippen molar-refractivity contribution in [3.05, 3.63) is 48.4 Å². The van der Waals surface area contributed by atoms with E-state index >= 15 is 0 Å². The molecule has 1 aliphatic rings. The first-order valence-electron chi connectivity index (χ1n) is 8.23. The van der Waals surface area contributed by atoms with Gasteiger partial charge in [0.05, 0.1) is 19.4 Å². The Labute approximate surface area is 154 Å². The van der Waals surface area contributed by atoms with E-state index in [0.29, 0.717) is 18.0 Å². The van der Waals surface area contributed by atoms with Crippen molar-refractivity contribution in [1.82, 2.24) is 4.90 Å². The Kier molecular flexibility index (Phi) is 5.72. The lowest BCUT2D eigenvalue weighted by atomic mass is 10.2. The molecule has 0 bridgehead atoms. The molecule has 0 aliphatic carbocycles. The molecule has 1 aromatic carbocycles. The zero-order valence-electron chi connectivity index (χ0n) is 14.3. The maximum Gasteiger partial charge on any atom is 0.334 e. The molecule has 0 spiro atoms. The van der Waals surface area contributed by atoms with E-state index in [1.54, 1.807) is 36.4 Å². The number of carbonyl (C=O) groups excluding carboxylic acids is 2. The number of carboxylic acid groups (broad SMARTS) is 1. The number of morpholine rings is 1. The summed E-state index contributed by atoms with van der Waals surface area (Å²) in [6.45, 7) is 0.209. The molecule has 1 atom stereocenters. The number of aliphatic carboxylic acids is 1. The number of rotatable bonds is 6. The maximum atomic E-state index is 12.2. The van der Waals surface area contributed by atoms with E-state index in [-0.39, 0.29) is 31.4 Å². The quantitative estimate of drug-likeness (QED) is 0.780. The molecule has 2 aromatic rings. The summed E-state index contributed by atoms with van der Waals surface area (Å²) in [5, 5.41) is 11.6. The van der Waals surface area contributed by atoms with Gasteiger partial charge in [0.15, 0.2) is 18.5 Å². The normalized spacial score (nSPS) is 16.6. The van der Waals surface area contributed by atoms with Crippen LogP contribution in [0.4, 0.5) is 5.69 Å². The third-order valence-corrected chi connectivity index (χ3v) is 3.89. The van der Waals surface area contributed by atoms with Crippen molar-refractivity contribution in [1.29, 1.82) is 0 Å². The number of carboxylic acids is 1. The largest absolute Gasteiger partial charge is 0.484 e. The Bertz CT molecular complexity index is 819. The highest BCUT2D eigenvalue weighted by Crippen LogP contribution is 2.18. The number of furan rings is 1. The van der Waals surface area contributed by atoms with Gasteiger partial charge >= 0.3 is 5.97 Å². The van der Waals surface area contributed by atoms with Gasteiger partial charge < -0.3 is 29.2 Å². The van der Waals surface area contributed by atoms with Crippen LogP contribution in [-0.2, 0) is 14.3 Å². The summed E-state index contributed by atoms with van der Waals surface area (Å²) in [5.41, 5.74) is 0.485. The number of hydrogen-bond acceptors (Lipinski definition) is 6. The standard InChI is InChI=1S/C18H18N2O7/c21-16(20-6-8-26-15(10-20)18(23)24)11-27-13-4-1-3-12(9-13)19-17(22)14-5-2-7-25-14/h1-5,7,9,15H,6,8,10-11H2,(H,19,22)(H,23,24). The molecule has 0 radical (unpaired) electrons. The van der Waals surface area contributed by atoms with E-state index < -0.39 is 18.0 Å². The number of nitrogens with zero attached hydrogens (tertiary/aromatic N) is 1. The third kappa shape index (κ3) is 4.85. The molecule has 0 saturated carbocycles. The second-order valence-electron chi connectivity index (χ2n) is 5.79. The lowest BCUT2D eigenvalue weighted by Gasteiger charge is -2.30. The van der Waals surface area contributed by atoms with Crippen LogP contribution in [0.15, 0.2) is 47.1 Å². The molecule has 2 heterocycles.